The van der Waals surface area contributed by atoms with E-state index in [2.05, 4.69) is 187 Å². The second-order valence-corrected chi connectivity index (χ2v) is 15.6. The van der Waals surface area contributed by atoms with Crippen LogP contribution in [0.3, 0.4) is 0 Å². The molecule has 0 saturated heterocycles. The summed E-state index contributed by atoms with van der Waals surface area (Å²) in [6.07, 6.45) is 0. The predicted octanol–water partition coefficient (Wildman–Crippen LogP) is 14.8. The van der Waals surface area contributed by atoms with E-state index in [-0.39, 0.29) is 0 Å². The minimum atomic E-state index is 0.727. The molecule has 0 fully saturated rings. The van der Waals surface area contributed by atoms with Gasteiger partial charge in [0.1, 0.15) is 5.69 Å². The molecule has 12 aromatic rings. The van der Waals surface area contributed by atoms with E-state index in [1.54, 1.807) is 0 Å². The maximum absolute atomic E-state index is 5.56. The standard InChI is InChI=1S/C52H31N3S/c1-3-15-33-31(13-1)27-29-44(48(33)42-24-11-22-40-37-18-6-5-17-35(37)36-19-7-8-21-39(36)47(40)42)53-52-50(55-49-34-16-4-2-14-32(34)28-30-45(49)54-52)43-25-12-23-41-38-20-9-10-26-46(38)56-51(41)43/h1-30H,(H,53,54). The SMILES string of the molecule is c1ccc2c(-c3cccc4c5ccccc5c5ccccc5c34)c(Nc3nc4ccc5ccccc5c4nc3-c3cccc4c3sc3ccccc34)ccc2c1. The summed E-state index contributed by atoms with van der Waals surface area (Å²) in [5, 5.41) is 18.5. The van der Waals surface area contributed by atoms with Crippen molar-refractivity contribution >= 4 is 108 Å². The molecule has 4 heteroatoms. The highest BCUT2D eigenvalue weighted by Crippen LogP contribution is 2.47. The van der Waals surface area contributed by atoms with Crippen LogP contribution in [0, 0.1) is 0 Å². The molecule has 0 aliphatic carbocycles. The molecule has 0 saturated carbocycles. The third-order valence-electron chi connectivity index (χ3n) is 11.4. The minimum absolute atomic E-state index is 0.727. The number of nitrogens with zero attached hydrogens (tertiary/aromatic N) is 2. The number of hydrogen-bond acceptors (Lipinski definition) is 4. The lowest BCUT2D eigenvalue weighted by Gasteiger charge is -2.20. The van der Waals surface area contributed by atoms with E-state index < -0.39 is 0 Å². The Bertz CT molecular complexity index is 3540. The maximum atomic E-state index is 5.56. The maximum Gasteiger partial charge on any atom is 0.157 e. The Morgan fingerprint density at radius 2 is 0.946 bits per heavy atom. The van der Waals surface area contributed by atoms with Crippen molar-refractivity contribution in [1.29, 1.82) is 0 Å². The molecule has 3 nitrogen and oxygen atoms in total. The Hall–Kier alpha value is -7.14. The van der Waals surface area contributed by atoms with Crippen LogP contribution in [0.15, 0.2) is 182 Å². The van der Waals surface area contributed by atoms with Crippen molar-refractivity contribution in [3.05, 3.63) is 182 Å². The Morgan fingerprint density at radius 1 is 0.393 bits per heavy atom. The van der Waals surface area contributed by atoms with Crippen molar-refractivity contribution < 1.29 is 0 Å². The van der Waals surface area contributed by atoms with Gasteiger partial charge in [-0.05, 0) is 72.2 Å². The molecule has 0 bridgehead atoms. The number of rotatable bonds is 4. The number of anilines is 2. The van der Waals surface area contributed by atoms with Gasteiger partial charge in [-0.15, -0.1) is 11.3 Å². The van der Waals surface area contributed by atoms with Crippen molar-refractivity contribution in [2.75, 3.05) is 5.32 Å². The quantitative estimate of drug-likeness (QED) is 0.183. The summed E-state index contributed by atoms with van der Waals surface area (Å²) in [7, 11) is 0. The zero-order valence-corrected chi connectivity index (χ0v) is 30.9. The molecule has 260 valence electrons. The molecule has 0 amide bonds. The molecule has 0 unspecified atom stereocenters. The van der Waals surface area contributed by atoms with Crippen LogP contribution in [0.5, 0.6) is 0 Å². The van der Waals surface area contributed by atoms with E-state index in [4.69, 9.17) is 9.97 Å². The Balaban J connectivity index is 1.17. The average molecular weight is 730 g/mol. The van der Waals surface area contributed by atoms with Gasteiger partial charge < -0.3 is 5.32 Å². The molecule has 0 aliphatic heterocycles. The zero-order chi connectivity index (χ0) is 36.7. The van der Waals surface area contributed by atoms with E-state index >= 15 is 0 Å². The molecule has 0 radical (unpaired) electrons. The number of thiophene rings is 1. The molecule has 10 aromatic carbocycles. The monoisotopic (exact) mass is 729 g/mol. The molecule has 1 N–H and O–H groups in total. The third kappa shape index (κ3) is 4.63. The molecule has 0 spiro atoms. The summed E-state index contributed by atoms with van der Waals surface area (Å²) in [5.74, 6) is 0.727. The molecule has 0 atom stereocenters. The highest BCUT2D eigenvalue weighted by atomic mass is 32.1. The first-order valence-corrected chi connectivity index (χ1v) is 19.8. The molecule has 0 aliphatic rings. The van der Waals surface area contributed by atoms with Crippen molar-refractivity contribution in [3.63, 3.8) is 0 Å². The first-order valence-electron chi connectivity index (χ1n) is 19.0. The molecular weight excluding hydrogens is 699 g/mol. The van der Waals surface area contributed by atoms with Crippen LogP contribution in [0.25, 0.3) is 107 Å². The Morgan fingerprint density at radius 3 is 1.71 bits per heavy atom. The van der Waals surface area contributed by atoms with Gasteiger partial charge in [-0.2, -0.15) is 0 Å². The highest BCUT2D eigenvalue weighted by molar-refractivity contribution is 7.26. The van der Waals surface area contributed by atoms with E-state index in [1.165, 1.54) is 68.8 Å². The minimum Gasteiger partial charge on any atom is -0.338 e. The number of fused-ring (bicyclic) bond motifs is 13. The Kier molecular flexibility index (Phi) is 6.80. The molecule has 2 heterocycles. The van der Waals surface area contributed by atoms with Gasteiger partial charge in [0.2, 0.25) is 0 Å². The van der Waals surface area contributed by atoms with Gasteiger partial charge >= 0.3 is 0 Å². The fourth-order valence-corrected chi connectivity index (χ4v) is 10.2. The third-order valence-corrected chi connectivity index (χ3v) is 12.7. The summed E-state index contributed by atoms with van der Waals surface area (Å²) in [6, 6.07) is 65.5. The van der Waals surface area contributed by atoms with Crippen molar-refractivity contribution in [1.82, 2.24) is 9.97 Å². The summed E-state index contributed by atoms with van der Waals surface area (Å²) < 4.78 is 2.47. The summed E-state index contributed by atoms with van der Waals surface area (Å²) in [5.41, 5.74) is 6.94. The smallest absolute Gasteiger partial charge is 0.157 e. The molecule has 12 rings (SSSR count). The second-order valence-electron chi connectivity index (χ2n) is 14.5. The van der Waals surface area contributed by atoms with Gasteiger partial charge in [0.25, 0.3) is 0 Å². The van der Waals surface area contributed by atoms with Gasteiger partial charge in [-0.3, -0.25) is 0 Å². The number of nitrogens with one attached hydrogen (secondary N) is 1. The molecular formula is C52H31N3S. The number of aromatic nitrogens is 2. The van der Waals surface area contributed by atoms with Gasteiger partial charge in [0.05, 0.1) is 11.0 Å². The van der Waals surface area contributed by atoms with Crippen molar-refractivity contribution in [2.45, 2.75) is 0 Å². The zero-order valence-electron chi connectivity index (χ0n) is 30.1. The van der Waals surface area contributed by atoms with Gasteiger partial charge in [0, 0.05) is 42.4 Å². The fourth-order valence-electron chi connectivity index (χ4n) is 8.96. The van der Waals surface area contributed by atoms with Gasteiger partial charge in [-0.25, -0.2) is 9.97 Å². The van der Waals surface area contributed by atoms with Crippen LogP contribution in [-0.2, 0) is 0 Å². The first kappa shape index (κ1) is 31.2. The lowest BCUT2D eigenvalue weighted by Crippen LogP contribution is -2.02. The normalized spacial score (nSPS) is 11.9. The lowest BCUT2D eigenvalue weighted by atomic mass is 9.87. The fraction of sp³-hybridized carbons (Fsp3) is 0. The summed E-state index contributed by atoms with van der Waals surface area (Å²) in [4.78, 5) is 11.0. The molecule has 56 heavy (non-hydrogen) atoms. The second kappa shape index (κ2) is 12.2. The van der Waals surface area contributed by atoms with Crippen LogP contribution in [0.4, 0.5) is 11.5 Å². The predicted molar refractivity (Wildman–Crippen MR) is 241 cm³/mol. The Labute approximate surface area is 326 Å². The van der Waals surface area contributed by atoms with Crippen LogP contribution in [0.2, 0.25) is 0 Å². The largest absolute Gasteiger partial charge is 0.338 e. The molecule has 2 aromatic heterocycles. The van der Waals surface area contributed by atoms with Crippen molar-refractivity contribution in [3.8, 4) is 22.4 Å². The van der Waals surface area contributed by atoms with Crippen LogP contribution < -0.4 is 5.32 Å². The number of hydrogen-bond donors (Lipinski definition) is 1. The van der Waals surface area contributed by atoms with Crippen LogP contribution in [0.1, 0.15) is 0 Å². The average Bonchev–Trinajstić information content (AvgIpc) is 3.65. The van der Waals surface area contributed by atoms with Crippen LogP contribution in [-0.4, -0.2) is 9.97 Å². The summed E-state index contributed by atoms with van der Waals surface area (Å²) in [6.45, 7) is 0. The van der Waals surface area contributed by atoms with E-state index in [1.807, 2.05) is 11.3 Å². The topological polar surface area (TPSA) is 37.8 Å². The van der Waals surface area contributed by atoms with E-state index in [0.29, 0.717) is 0 Å². The number of benzene rings is 10. The van der Waals surface area contributed by atoms with E-state index in [9.17, 15) is 0 Å². The van der Waals surface area contributed by atoms with Crippen LogP contribution >= 0.6 is 11.3 Å². The lowest BCUT2D eigenvalue weighted by molar-refractivity contribution is 1.29. The highest BCUT2D eigenvalue weighted by Gasteiger charge is 2.21. The van der Waals surface area contributed by atoms with Gasteiger partial charge in [-0.1, -0.05) is 164 Å². The van der Waals surface area contributed by atoms with Crippen molar-refractivity contribution in [2.24, 2.45) is 0 Å². The summed E-state index contributed by atoms with van der Waals surface area (Å²) >= 11 is 1.82. The van der Waals surface area contributed by atoms with E-state index in [0.717, 1.165) is 50.1 Å². The first-order chi connectivity index (χ1) is 27.8. The van der Waals surface area contributed by atoms with Gasteiger partial charge in [0.15, 0.2) is 5.82 Å².